The number of hydrogen-bond donors (Lipinski definition) is 0. The molecule has 0 atom stereocenters. The molecule has 1 aliphatic heterocycles. The molecule has 3 aromatic rings. The van der Waals surface area contributed by atoms with Crippen LogP contribution >= 0.6 is 0 Å². The molecule has 6 nitrogen and oxygen atoms in total. The molecule has 0 N–H and O–H groups in total. The van der Waals surface area contributed by atoms with Gasteiger partial charge in [-0.25, -0.2) is 0 Å². The van der Waals surface area contributed by atoms with Gasteiger partial charge >= 0.3 is 0 Å². The van der Waals surface area contributed by atoms with E-state index in [0.29, 0.717) is 6.04 Å². The zero-order valence-electron chi connectivity index (χ0n) is 15.7. The van der Waals surface area contributed by atoms with E-state index in [-0.39, 0.29) is 0 Å². The third-order valence-electron chi connectivity index (χ3n) is 5.18. The van der Waals surface area contributed by atoms with Gasteiger partial charge in [-0.05, 0) is 54.3 Å². The standard InChI is InChI=1S/C22H21N5O/c1-28-21-12-18(16-7-9-23-10-8-16)13-26(14-21)20-4-2-3-17(11-20)22-25-24-15-27(22)19-5-6-19/h2-4,7-12,14-15,19H,5-6,13H2,1H3. The summed E-state index contributed by atoms with van der Waals surface area (Å²) in [4.78, 5) is 6.33. The predicted octanol–water partition coefficient (Wildman–Crippen LogP) is 4.07. The maximum Gasteiger partial charge on any atom is 0.164 e. The van der Waals surface area contributed by atoms with Crippen LogP contribution in [0.3, 0.4) is 0 Å². The van der Waals surface area contributed by atoms with Gasteiger partial charge in [-0.2, -0.15) is 0 Å². The number of aromatic nitrogens is 4. The number of methoxy groups -OCH3 is 1. The van der Waals surface area contributed by atoms with Gasteiger partial charge in [0, 0.05) is 42.4 Å². The summed E-state index contributed by atoms with van der Waals surface area (Å²) < 4.78 is 7.75. The highest BCUT2D eigenvalue weighted by Gasteiger charge is 2.26. The van der Waals surface area contributed by atoms with Crippen LogP contribution in [0.15, 0.2) is 73.2 Å². The first-order valence-electron chi connectivity index (χ1n) is 9.45. The monoisotopic (exact) mass is 371 g/mol. The van der Waals surface area contributed by atoms with Gasteiger partial charge in [-0.3, -0.25) is 4.98 Å². The van der Waals surface area contributed by atoms with Crippen molar-refractivity contribution >= 4 is 11.3 Å². The molecule has 0 saturated heterocycles. The van der Waals surface area contributed by atoms with Crippen molar-refractivity contribution in [3.8, 4) is 11.4 Å². The summed E-state index contributed by atoms with van der Waals surface area (Å²) in [7, 11) is 1.70. The molecule has 2 aromatic heterocycles. The van der Waals surface area contributed by atoms with Crippen LogP contribution in [0.25, 0.3) is 17.0 Å². The van der Waals surface area contributed by atoms with Gasteiger partial charge in [0.2, 0.25) is 0 Å². The Bertz CT molecular complexity index is 1050. The molecule has 0 unspecified atom stereocenters. The van der Waals surface area contributed by atoms with Crippen LogP contribution in [0.4, 0.5) is 5.69 Å². The number of benzene rings is 1. The highest BCUT2D eigenvalue weighted by molar-refractivity contribution is 5.76. The van der Waals surface area contributed by atoms with E-state index in [2.05, 4.69) is 55.0 Å². The number of allylic oxidation sites excluding steroid dienone is 1. The van der Waals surface area contributed by atoms with Crippen LogP contribution in [-0.2, 0) is 4.74 Å². The average molecular weight is 371 g/mol. The number of rotatable bonds is 5. The van der Waals surface area contributed by atoms with E-state index >= 15 is 0 Å². The highest BCUT2D eigenvalue weighted by atomic mass is 16.5. The van der Waals surface area contributed by atoms with Crippen LogP contribution in [0.1, 0.15) is 24.4 Å². The zero-order valence-corrected chi connectivity index (χ0v) is 15.7. The van der Waals surface area contributed by atoms with Crippen molar-refractivity contribution in [3.63, 3.8) is 0 Å². The van der Waals surface area contributed by atoms with E-state index in [1.165, 1.54) is 18.4 Å². The summed E-state index contributed by atoms with van der Waals surface area (Å²) in [5.41, 5.74) is 4.51. The second-order valence-electron chi connectivity index (χ2n) is 7.11. The molecule has 3 heterocycles. The van der Waals surface area contributed by atoms with Gasteiger partial charge in [0.05, 0.1) is 7.11 Å². The fourth-order valence-electron chi connectivity index (χ4n) is 3.55. The third kappa shape index (κ3) is 3.17. The predicted molar refractivity (Wildman–Crippen MR) is 108 cm³/mol. The Balaban J connectivity index is 1.48. The van der Waals surface area contributed by atoms with Crippen molar-refractivity contribution in [3.05, 3.63) is 78.7 Å². The first kappa shape index (κ1) is 16.7. The maximum absolute atomic E-state index is 5.56. The van der Waals surface area contributed by atoms with Crippen molar-refractivity contribution in [2.24, 2.45) is 0 Å². The summed E-state index contributed by atoms with van der Waals surface area (Å²) in [6, 6.07) is 13.0. The normalized spacial score (nSPS) is 16.5. The fraction of sp³-hybridized carbons (Fsp3) is 0.227. The Kier molecular flexibility index (Phi) is 4.16. The Morgan fingerprint density at radius 3 is 2.71 bits per heavy atom. The van der Waals surface area contributed by atoms with Crippen LogP contribution in [0.5, 0.6) is 0 Å². The van der Waals surface area contributed by atoms with Crippen molar-refractivity contribution in [1.29, 1.82) is 0 Å². The van der Waals surface area contributed by atoms with Crippen molar-refractivity contribution < 1.29 is 4.74 Å². The minimum absolute atomic E-state index is 0.546. The van der Waals surface area contributed by atoms with Crippen LogP contribution in [0.2, 0.25) is 0 Å². The first-order valence-corrected chi connectivity index (χ1v) is 9.45. The maximum atomic E-state index is 5.56. The second-order valence-corrected chi connectivity index (χ2v) is 7.11. The van der Waals surface area contributed by atoms with Crippen molar-refractivity contribution in [1.82, 2.24) is 19.7 Å². The van der Waals surface area contributed by atoms with Crippen LogP contribution in [0, 0.1) is 0 Å². The number of hydrogen-bond acceptors (Lipinski definition) is 5. The molecule has 1 aromatic carbocycles. The molecule has 2 aliphatic rings. The van der Waals surface area contributed by atoms with Crippen molar-refractivity contribution in [2.75, 3.05) is 18.6 Å². The van der Waals surface area contributed by atoms with Gasteiger partial charge in [0.1, 0.15) is 12.1 Å². The molecule has 1 aliphatic carbocycles. The summed E-state index contributed by atoms with van der Waals surface area (Å²) in [6.07, 6.45) is 12.0. The van der Waals surface area contributed by atoms with E-state index in [4.69, 9.17) is 4.74 Å². The third-order valence-corrected chi connectivity index (χ3v) is 5.18. The second kappa shape index (κ2) is 6.96. The lowest BCUT2D eigenvalue weighted by atomic mass is 10.0. The van der Waals surface area contributed by atoms with E-state index in [1.807, 2.05) is 37.1 Å². The summed E-state index contributed by atoms with van der Waals surface area (Å²) >= 11 is 0. The number of ether oxygens (including phenoxy) is 1. The van der Waals surface area contributed by atoms with E-state index in [0.717, 1.165) is 34.9 Å². The smallest absolute Gasteiger partial charge is 0.164 e. The number of pyridine rings is 1. The van der Waals surface area contributed by atoms with Gasteiger partial charge in [-0.1, -0.05) is 12.1 Å². The lowest BCUT2D eigenvalue weighted by Crippen LogP contribution is -2.23. The molecule has 0 amide bonds. The Morgan fingerprint density at radius 2 is 1.93 bits per heavy atom. The quantitative estimate of drug-likeness (QED) is 0.677. The zero-order chi connectivity index (χ0) is 18.9. The SMILES string of the molecule is COC1=CN(c2cccc(-c3nncn3C3CC3)c2)CC(c2ccncc2)=C1. The summed E-state index contributed by atoms with van der Waals surface area (Å²) in [6.45, 7) is 0.760. The molecule has 5 rings (SSSR count). The number of anilines is 1. The Hall–Kier alpha value is -3.41. The van der Waals surface area contributed by atoms with Gasteiger partial charge in [-0.15, -0.1) is 10.2 Å². The van der Waals surface area contributed by atoms with Crippen molar-refractivity contribution in [2.45, 2.75) is 18.9 Å². The first-order chi connectivity index (χ1) is 13.8. The lowest BCUT2D eigenvalue weighted by molar-refractivity contribution is 0.304. The molecular formula is C22H21N5O. The summed E-state index contributed by atoms with van der Waals surface area (Å²) in [5.74, 6) is 1.76. The molecule has 140 valence electrons. The molecule has 28 heavy (non-hydrogen) atoms. The molecule has 1 fully saturated rings. The van der Waals surface area contributed by atoms with E-state index in [1.54, 1.807) is 7.11 Å². The van der Waals surface area contributed by atoms with Crippen LogP contribution < -0.4 is 4.90 Å². The fourth-order valence-corrected chi connectivity index (χ4v) is 3.55. The molecule has 1 saturated carbocycles. The van der Waals surface area contributed by atoms with Gasteiger partial charge in [0.25, 0.3) is 0 Å². The van der Waals surface area contributed by atoms with Gasteiger partial charge in [0.15, 0.2) is 5.82 Å². The topological polar surface area (TPSA) is 56.1 Å². The van der Waals surface area contributed by atoms with E-state index < -0.39 is 0 Å². The average Bonchev–Trinajstić information content (AvgIpc) is 3.50. The van der Waals surface area contributed by atoms with Crippen LogP contribution in [-0.4, -0.2) is 33.4 Å². The van der Waals surface area contributed by atoms with Gasteiger partial charge < -0.3 is 14.2 Å². The Labute approximate surface area is 163 Å². The molecule has 0 spiro atoms. The minimum Gasteiger partial charge on any atom is -0.495 e. The molecular weight excluding hydrogens is 350 g/mol. The number of nitrogens with zero attached hydrogens (tertiary/aromatic N) is 5. The van der Waals surface area contributed by atoms with E-state index in [9.17, 15) is 0 Å². The Morgan fingerprint density at radius 1 is 1.07 bits per heavy atom. The molecule has 6 heteroatoms. The highest BCUT2D eigenvalue weighted by Crippen LogP contribution is 2.38. The molecule has 0 bridgehead atoms. The minimum atomic E-state index is 0.546. The largest absolute Gasteiger partial charge is 0.495 e. The lowest BCUT2D eigenvalue weighted by Gasteiger charge is -2.27. The molecule has 0 radical (unpaired) electrons. The summed E-state index contributed by atoms with van der Waals surface area (Å²) in [5, 5.41) is 8.49.